The average molecular weight is 330 g/mol. The van der Waals surface area contributed by atoms with Gasteiger partial charge in [-0.05, 0) is 23.8 Å². The van der Waals surface area contributed by atoms with E-state index in [0.29, 0.717) is 0 Å². The van der Waals surface area contributed by atoms with Gasteiger partial charge in [0.15, 0.2) is 6.10 Å². The number of carbonyl (C=O) groups is 2. The molecule has 0 aromatic heterocycles. The molecule has 5 heteroatoms. The molecule has 0 bridgehead atoms. The molecule has 1 aromatic carbocycles. The summed E-state index contributed by atoms with van der Waals surface area (Å²) in [7, 11) is 1.75. The highest BCUT2D eigenvalue weighted by atomic mass is 16.5. The molecule has 0 unspecified atom stereocenters. The molecular weight excluding hydrogens is 304 g/mol. The third-order valence-electron chi connectivity index (χ3n) is 5.08. The molecule has 0 radical (unpaired) electrons. The van der Waals surface area contributed by atoms with Crippen LogP contribution in [0.3, 0.4) is 0 Å². The summed E-state index contributed by atoms with van der Waals surface area (Å²) >= 11 is 0. The molecule has 2 fully saturated rings. The molecule has 24 heavy (non-hydrogen) atoms. The predicted molar refractivity (Wildman–Crippen MR) is 91.3 cm³/mol. The number of likely N-dealkylation sites (tertiary alicyclic amines) is 1. The second-order valence-corrected chi connectivity index (χ2v) is 7.62. The van der Waals surface area contributed by atoms with Crippen LogP contribution < -0.4 is 0 Å². The molecule has 3 rings (SSSR count). The Morgan fingerprint density at radius 3 is 2.62 bits per heavy atom. The topological polar surface area (TPSA) is 49.9 Å². The van der Waals surface area contributed by atoms with Gasteiger partial charge in [-0.1, -0.05) is 44.2 Å². The van der Waals surface area contributed by atoms with E-state index in [9.17, 15) is 9.59 Å². The zero-order chi connectivity index (χ0) is 17.3. The Labute approximate surface area is 143 Å². The van der Waals surface area contributed by atoms with Crippen molar-refractivity contribution >= 4 is 11.8 Å². The van der Waals surface area contributed by atoms with E-state index in [1.54, 1.807) is 11.9 Å². The van der Waals surface area contributed by atoms with Gasteiger partial charge in [-0.3, -0.25) is 9.59 Å². The number of benzene rings is 1. The number of morpholine rings is 1. The Balaban J connectivity index is 1.86. The summed E-state index contributed by atoms with van der Waals surface area (Å²) in [5, 5.41) is 0. The Morgan fingerprint density at radius 1 is 1.25 bits per heavy atom. The van der Waals surface area contributed by atoms with Crippen molar-refractivity contribution in [3.05, 3.63) is 35.9 Å². The van der Waals surface area contributed by atoms with E-state index in [1.165, 1.54) is 0 Å². The zero-order valence-corrected chi connectivity index (χ0v) is 14.7. The van der Waals surface area contributed by atoms with Gasteiger partial charge in [-0.25, -0.2) is 0 Å². The first-order valence-electron chi connectivity index (χ1n) is 8.60. The quantitative estimate of drug-likeness (QED) is 0.835. The summed E-state index contributed by atoms with van der Waals surface area (Å²) in [4.78, 5) is 28.8. The number of rotatable bonds is 2. The summed E-state index contributed by atoms with van der Waals surface area (Å²) in [6, 6.07) is 9.30. The fourth-order valence-corrected chi connectivity index (χ4v) is 3.76. The number of hydrogen-bond donors (Lipinski definition) is 0. The van der Waals surface area contributed by atoms with E-state index < -0.39 is 6.10 Å². The highest BCUT2D eigenvalue weighted by Gasteiger charge is 2.43. The molecule has 2 aliphatic rings. The average Bonchev–Trinajstić information content (AvgIpc) is 2.56. The molecule has 0 spiro atoms. The summed E-state index contributed by atoms with van der Waals surface area (Å²) in [5.41, 5.74) is 1.06. The van der Waals surface area contributed by atoms with Gasteiger partial charge in [0.25, 0.3) is 5.91 Å². The third-order valence-corrected chi connectivity index (χ3v) is 5.08. The molecule has 2 saturated heterocycles. The van der Waals surface area contributed by atoms with Gasteiger partial charge in [0.2, 0.25) is 5.91 Å². The van der Waals surface area contributed by atoms with Crippen LogP contribution in [0.4, 0.5) is 0 Å². The molecule has 0 aliphatic carbocycles. The van der Waals surface area contributed by atoms with Crippen LogP contribution in [-0.4, -0.2) is 54.5 Å². The molecule has 0 N–H and O–H groups in total. The Kier molecular flexibility index (Phi) is 4.63. The SMILES string of the molecule is CN1C(=O)CO[C@@H](C(=O)N2CCCC(C)(C)C2)[C@H]1c1ccccc1. The maximum Gasteiger partial charge on any atom is 0.254 e. The standard InChI is InChI=1S/C19H26N2O3/c1-19(2)10-7-11-21(13-19)18(23)17-16(14-8-5-4-6-9-14)20(3)15(22)12-24-17/h4-6,8-9,16-17H,7,10-13H2,1-3H3/t16-,17-/m1/s1. The number of piperidine rings is 1. The first kappa shape index (κ1) is 17.0. The maximum atomic E-state index is 13.1. The Morgan fingerprint density at radius 2 is 1.96 bits per heavy atom. The second-order valence-electron chi connectivity index (χ2n) is 7.62. The minimum absolute atomic E-state index is 0.00372. The lowest BCUT2D eigenvalue weighted by molar-refractivity contribution is -0.169. The van der Waals surface area contributed by atoms with Gasteiger partial charge in [-0.2, -0.15) is 0 Å². The summed E-state index contributed by atoms with van der Waals surface area (Å²) < 4.78 is 5.73. The van der Waals surface area contributed by atoms with Crippen molar-refractivity contribution in [3.63, 3.8) is 0 Å². The normalized spacial score (nSPS) is 27.2. The molecule has 130 valence electrons. The number of ether oxygens (including phenoxy) is 1. The van der Waals surface area contributed by atoms with Crippen LogP contribution in [0, 0.1) is 5.41 Å². The molecule has 1 aromatic rings. The monoisotopic (exact) mass is 330 g/mol. The summed E-state index contributed by atoms with van der Waals surface area (Å²) in [6.07, 6.45) is 1.50. The van der Waals surface area contributed by atoms with Gasteiger partial charge in [0.1, 0.15) is 6.61 Å². The lowest BCUT2D eigenvalue weighted by Crippen LogP contribution is -2.56. The Hall–Kier alpha value is -1.88. The fourth-order valence-electron chi connectivity index (χ4n) is 3.76. The van der Waals surface area contributed by atoms with E-state index in [1.807, 2.05) is 35.2 Å². The first-order valence-corrected chi connectivity index (χ1v) is 8.60. The smallest absolute Gasteiger partial charge is 0.254 e. The molecule has 2 heterocycles. The van der Waals surface area contributed by atoms with Crippen molar-refractivity contribution in [1.29, 1.82) is 0 Å². The number of likely N-dealkylation sites (N-methyl/N-ethyl adjacent to an activating group) is 1. The largest absolute Gasteiger partial charge is 0.356 e. The van der Waals surface area contributed by atoms with Crippen LogP contribution in [0.5, 0.6) is 0 Å². The van der Waals surface area contributed by atoms with Gasteiger partial charge < -0.3 is 14.5 Å². The maximum absolute atomic E-state index is 13.1. The second kappa shape index (κ2) is 6.55. The minimum atomic E-state index is -0.635. The van der Waals surface area contributed by atoms with E-state index in [0.717, 1.165) is 31.5 Å². The summed E-state index contributed by atoms with van der Waals surface area (Å²) in [6.45, 7) is 5.86. The number of hydrogen-bond acceptors (Lipinski definition) is 3. The van der Waals surface area contributed by atoms with Gasteiger partial charge >= 0.3 is 0 Å². The van der Waals surface area contributed by atoms with Crippen LogP contribution >= 0.6 is 0 Å². The van der Waals surface area contributed by atoms with E-state index >= 15 is 0 Å². The first-order chi connectivity index (χ1) is 11.4. The molecular formula is C19H26N2O3. The number of amides is 2. The van der Waals surface area contributed by atoms with Crippen LogP contribution in [0.15, 0.2) is 30.3 Å². The molecule has 2 atom stereocenters. The fraction of sp³-hybridized carbons (Fsp3) is 0.579. The van der Waals surface area contributed by atoms with Crippen molar-refractivity contribution in [2.75, 3.05) is 26.7 Å². The highest BCUT2D eigenvalue weighted by molar-refractivity contribution is 5.86. The molecule has 5 nitrogen and oxygen atoms in total. The van der Waals surface area contributed by atoms with Crippen molar-refractivity contribution in [2.24, 2.45) is 5.41 Å². The van der Waals surface area contributed by atoms with Crippen molar-refractivity contribution in [2.45, 2.75) is 38.8 Å². The van der Waals surface area contributed by atoms with Gasteiger partial charge in [0.05, 0.1) is 6.04 Å². The van der Waals surface area contributed by atoms with E-state index in [2.05, 4.69) is 13.8 Å². The van der Waals surface area contributed by atoms with Crippen molar-refractivity contribution in [1.82, 2.24) is 9.80 Å². The zero-order valence-electron chi connectivity index (χ0n) is 14.7. The number of nitrogens with zero attached hydrogens (tertiary/aromatic N) is 2. The van der Waals surface area contributed by atoms with Crippen LogP contribution in [0.2, 0.25) is 0 Å². The van der Waals surface area contributed by atoms with E-state index in [4.69, 9.17) is 4.74 Å². The minimum Gasteiger partial charge on any atom is -0.356 e. The lowest BCUT2D eigenvalue weighted by atomic mass is 9.83. The third kappa shape index (κ3) is 3.31. The Bertz CT molecular complexity index is 614. The van der Waals surface area contributed by atoms with Gasteiger partial charge in [0, 0.05) is 20.1 Å². The lowest BCUT2D eigenvalue weighted by Gasteiger charge is -2.43. The van der Waals surface area contributed by atoms with Crippen LogP contribution in [0.25, 0.3) is 0 Å². The van der Waals surface area contributed by atoms with Crippen LogP contribution in [-0.2, 0) is 14.3 Å². The highest BCUT2D eigenvalue weighted by Crippen LogP contribution is 2.33. The van der Waals surface area contributed by atoms with Crippen molar-refractivity contribution in [3.8, 4) is 0 Å². The predicted octanol–water partition coefficient (Wildman–Crippen LogP) is 2.23. The summed E-state index contributed by atoms with van der Waals surface area (Å²) in [5.74, 6) is -0.0946. The molecule has 2 aliphatic heterocycles. The molecule has 2 amide bonds. The number of carbonyl (C=O) groups excluding carboxylic acids is 2. The van der Waals surface area contributed by atoms with Gasteiger partial charge in [-0.15, -0.1) is 0 Å². The van der Waals surface area contributed by atoms with E-state index in [-0.39, 0.29) is 29.9 Å². The molecule has 0 saturated carbocycles. The van der Waals surface area contributed by atoms with Crippen molar-refractivity contribution < 1.29 is 14.3 Å². The van der Waals surface area contributed by atoms with Crippen LogP contribution in [0.1, 0.15) is 38.3 Å².